The van der Waals surface area contributed by atoms with Gasteiger partial charge in [-0.25, -0.2) is 5.84 Å². The number of benzene rings is 1. The van der Waals surface area contributed by atoms with E-state index in [9.17, 15) is 4.79 Å². The molecule has 0 aliphatic rings. The maximum absolute atomic E-state index is 11.3. The SMILES string of the molecule is CCCc1ccc(CCC(=O)N(C)N)cc1. The summed E-state index contributed by atoms with van der Waals surface area (Å²) in [7, 11) is 1.58. The summed E-state index contributed by atoms with van der Waals surface area (Å²) in [5.74, 6) is 5.32. The highest BCUT2D eigenvalue weighted by atomic mass is 16.2. The first-order valence-electron chi connectivity index (χ1n) is 5.72. The minimum absolute atomic E-state index is 0.0300. The lowest BCUT2D eigenvalue weighted by Crippen LogP contribution is -2.33. The molecule has 0 spiro atoms. The van der Waals surface area contributed by atoms with E-state index < -0.39 is 0 Å². The largest absolute Gasteiger partial charge is 0.284 e. The molecule has 0 aliphatic carbocycles. The number of hydrazine groups is 1. The Morgan fingerprint density at radius 3 is 2.12 bits per heavy atom. The van der Waals surface area contributed by atoms with Crippen molar-refractivity contribution >= 4 is 5.91 Å². The first kappa shape index (κ1) is 12.7. The molecule has 0 saturated heterocycles. The second-order valence-corrected chi connectivity index (χ2v) is 4.07. The molecule has 2 N–H and O–H groups in total. The normalized spacial score (nSPS) is 10.2. The van der Waals surface area contributed by atoms with Crippen LogP contribution in [-0.4, -0.2) is 18.0 Å². The number of carbonyl (C=O) groups is 1. The van der Waals surface area contributed by atoms with Crippen molar-refractivity contribution in [3.8, 4) is 0 Å². The van der Waals surface area contributed by atoms with Crippen molar-refractivity contribution in [1.82, 2.24) is 5.01 Å². The summed E-state index contributed by atoms with van der Waals surface area (Å²) in [4.78, 5) is 11.3. The van der Waals surface area contributed by atoms with Crippen LogP contribution in [0.3, 0.4) is 0 Å². The highest BCUT2D eigenvalue weighted by molar-refractivity contribution is 5.75. The minimum Gasteiger partial charge on any atom is -0.284 e. The Labute approximate surface area is 97.2 Å². The van der Waals surface area contributed by atoms with Crippen molar-refractivity contribution in [1.29, 1.82) is 0 Å². The molecule has 3 heteroatoms. The van der Waals surface area contributed by atoms with E-state index in [-0.39, 0.29) is 5.91 Å². The number of hydrogen-bond donors (Lipinski definition) is 1. The van der Waals surface area contributed by atoms with E-state index in [1.165, 1.54) is 11.1 Å². The second-order valence-electron chi connectivity index (χ2n) is 4.07. The van der Waals surface area contributed by atoms with Crippen LogP contribution in [0, 0.1) is 0 Å². The Morgan fingerprint density at radius 1 is 1.19 bits per heavy atom. The van der Waals surface area contributed by atoms with Gasteiger partial charge in [0.25, 0.3) is 0 Å². The summed E-state index contributed by atoms with van der Waals surface area (Å²) in [6.07, 6.45) is 3.51. The van der Waals surface area contributed by atoms with Crippen LogP contribution in [0.25, 0.3) is 0 Å². The van der Waals surface area contributed by atoms with Gasteiger partial charge in [-0.3, -0.25) is 9.80 Å². The van der Waals surface area contributed by atoms with Crippen LogP contribution in [0.15, 0.2) is 24.3 Å². The van der Waals surface area contributed by atoms with E-state index in [4.69, 9.17) is 5.84 Å². The van der Waals surface area contributed by atoms with Crippen LogP contribution in [-0.2, 0) is 17.6 Å². The lowest BCUT2D eigenvalue weighted by Gasteiger charge is -2.09. The van der Waals surface area contributed by atoms with Crippen molar-refractivity contribution < 1.29 is 4.79 Å². The Hall–Kier alpha value is -1.35. The zero-order chi connectivity index (χ0) is 12.0. The lowest BCUT2D eigenvalue weighted by atomic mass is 10.0. The van der Waals surface area contributed by atoms with Crippen molar-refractivity contribution in [3.63, 3.8) is 0 Å². The average Bonchev–Trinajstić information content (AvgIpc) is 2.28. The van der Waals surface area contributed by atoms with Crippen molar-refractivity contribution in [2.75, 3.05) is 7.05 Å². The third-order valence-electron chi connectivity index (χ3n) is 2.58. The quantitative estimate of drug-likeness (QED) is 0.468. The van der Waals surface area contributed by atoms with Crippen LogP contribution in [0.2, 0.25) is 0 Å². The summed E-state index contributed by atoms with van der Waals surface area (Å²) in [6.45, 7) is 2.17. The number of nitrogens with two attached hydrogens (primary N) is 1. The Bertz CT molecular complexity index is 330. The summed E-state index contributed by atoms with van der Waals surface area (Å²) in [5.41, 5.74) is 2.54. The summed E-state index contributed by atoms with van der Waals surface area (Å²) in [5, 5.41) is 1.14. The van der Waals surface area contributed by atoms with Gasteiger partial charge in [0.15, 0.2) is 0 Å². The molecule has 0 fully saturated rings. The van der Waals surface area contributed by atoms with Crippen LogP contribution in [0.5, 0.6) is 0 Å². The maximum Gasteiger partial charge on any atom is 0.236 e. The van der Waals surface area contributed by atoms with Crippen LogP contribution in [0.1, 0.15) is 30.9 Å². The first-order valence-corrected chi connectivity index (χ1v) is 5.72. The maximum atomic E-state index is 11.3. The van der Waals surface area contributed by atoms with Gasteiger partial charge in [-0.2, -0.15) is 0 Å². The number of amides is 1. The standard InChI is InChI=1S/C13H20N2O/c1-3-4-11-5-7-12(8-6-11)9-10-13(16)15(2)14/h5-8H,3-4,9-10,14H2,1-2H3. The third kappa shape index (κ3) is 4.03. The summed E-state index contributed by atoms with van der Waals surface area (Å²) < 4.78 is 0. The molecule has 0 aromatic heterocycles. The number of carbonyl (C=O) groups excluding carboxylic acids is 1. The molecule has 0 aliphatic heterocycles. The molecule has 0 radical (unpaired) electrons. The van der Waals surface area contributed by atoms with Crippen molar-refractivity contribution in [2.24, 2.45) is 5.84 Å². The number of nitrogens with zero attached hydrogens (tertiary/aromatic N) is 1. The molecule has 0 atom stereocenters. The molecule has 16 heavy (non-hydrogen) atoms. The van der Waals surface area contributed by atoms with E-state index in [0.717, 1.165) is 24.3 Å². The molecule has 0 bridgehead atoms. The highest BCUT2D eigenvalue weighted by Gasteiger charge is 2.04. The van der Waals surface area contributed by atoms with Crippen LogP contribution < -0.4 is 5.84 Å². The molecule has 1 rings (SSSR count). The number of aryl methyl sites for hydroxylation is 2. The predicted molar refractivity (Wildman–Crippen MR) is 65.7 cm³/mol. The average molecular weight is 220 g/mol. The number of rotatable bonds is 5. The molecular formula is C13H20N2O. The zero-order valence-corrected chi connectivity index (χ0v) is 10.1. The fraction of sp³-hybridized carbons (Fsp3) is 0.462. The molecule has 1 aromatic carbocycles. The highest BCUT2D eigenvalue weighted by Crippen LogP contribution is 2.08. The van der Waals surface area contributed by atoms with E-state index in [0.29, 0.717) is 6.42 Å². The lowest BCUT2D eigenvalue weighted by molar-refractivity contribution is -0.130. The molecule has 0 saturated carbocycles. The summed E-state index contributed by atoms with van der Waals surface area (Å²) >= 11 is 0. The van der Waals surface area contributed by atoms with Gasteiger partial charge >= 0.3 is 0 Å². The molecule has 3 nitrogen and oxygen atoms in total. The van der Waals surface area contributed by atoms with Crippen LogP contribution >= 0.6 is 0 Å². The van der Waals surface area contributed by atoms with E-state index in [1.54, 1.807) is 7.05 Å². The minimum atomic E-state index is -0.0300. The second kappa shape index (κ2) is 6.28. The van der Waals surface area contributed by atoms with Crippen molar-refractivity contribution in [3.05, 3.63) is 35.4 Å². The third-order valence-corrected chi connectivity index (χ3v) is 2.58. The monoisotopic (exact) mass is 220 g/mol. The Balaban J connectivity index is 2.46. The fourth-order valence-corrected chi connectivity index (χ4v) is 1.59. The zero-order valence-electron chi connectivity index (χ0n) is 10.1. The molecule has 88 valence electrons. The smallest absolute Gasteiger partial charge is 0.236 e. The van der Waals surface area contributed by atoms with E-state index in [1.807, 2.05) is 0 Å². The Morgan fingerprint density at radius 2 is 1.69 bits per heavy atom. The van der Waals surface area contributed by atoms with E-state index >= 15 is 0 Å². The van der Waals surface area contributed by atoms with Crippen LogP contribution in [0.4, 0.5) is 0 Å². The molecule has 1 aromatic rings. The van der Waals surface area contributed by atoms with Gasteiger partial charge in [-0.15, -0.1) is 0 Å². The van der Waals surface area contributed by atoms with Gasteiger partial charge in [0.1, 0.15) is 0 Å². The van der Waals surface area contributed by atoms with Gasteiger partial charge in [0.2, 0.25) is 5.91 Å². The van der Waals surface area contributed by atoms with Gasteiger partial charge in [0, 0.05) is 13.5 Å². The first-order chi connectivity index (χ1) is 7.63. The Kier molecular flexibility index (Phi) is 4.99. The van der Waals surface area contributed by atoms with Gasteiger partial charge < -0.3 is 0 Å². The predicted octanol–water partition coefficient (Wildman–Crippen LogP) is 1.90. The topological polar surface area (TPSA) is 46.3 Å². The van der Waals surface area contributed by atoms with E-state index in [2.05, 4.69) is 31.2 Å². The van der Waals surface area contributed by atoms with Crippen molar-refractivity contribution in [2.45, 2.75) is 32.6 Å². The van der Waals surface area contributed by atoms with Gasteiger partial charge in [0.05, 0.1) is 0 Å². The number of hydrogen-bond acceptors (Lipinski definition) is 2. The van der Waals surface area contributed by atoms with Gasteiger partial charge in [-0.1, -0.05) is 37.6 Å². The fourth-order valence-electron chi connectivity index (χ4n) is 1.59. The molecule has 0 unspecified atom stereocenters. The summed E-state index contributed by atoms with van der Waals surface area (Å²) in [6, 6.07) is 8.45. The van der Waals surface area contributed by atoms with Gasteiger partial charge in [-0.05, 0) is 24.0 Å². The molecule has 0 heterocycles. The molecule has 1 amide bonds. The molecular weight excluding hydrogens is 200 g/mol.